The minimum Gasteiger partial charge on any atom is -0.731 e. The molecule has 6 rings (SSSR count). The van der Waals surface area contributed by atoms with Gasteiger partial charge in [0.15, 0.2) is 20.6 Å². The van der Waals surface area contributed by atoms with Crippen LogP contribution in [-0.4, -0.2) is 76.0 Å². The molecule has 2 unspecified atom stereocenters. The molecule has 59 heavy (non-hydrogen) atoms. The molecule has 0 saturated heterocycles. The Morgan fingerprint density at radius 1 is 0.424 bits per heavy atom. The van der Waals surface area contributed by atoms with Gasteiger partial charge in [-0.2, -0.15) is 0 Å². The van der Waals surface area contributed by atoms with E-state index < -0.39 is 32.9 Å². The van der Waals surface area contributed by atoms with E-state index in [4.69, 9.17) is 0 Å². The van der Waals surface area contributed by atoms with E-state index in [1.807, 2.05) is 84.9 Å². The molecule has 0 amide bonds. The van der Waals surface area contributed by atoms with Crippen molar-refractivity contribution in [1.82, 2.24) is 0 Å². The van der Waals surface area contributed by atoms with Gasteiger partial charge in [-0.3, -0.25) is 8.61 Å². The van der Waals surface area contributed by atoms with Crippen LogP contribution < -0.4 is 18.4 Å². The number of unbranched alkanes of at least 4 members (excludes halogenated alkanes) is 12. The van der Waals surface area contributed by atoms with Gasteiger partial charge in [-0.05, 0) is 61.1 Å². The van der Waals surface area contributed by atoms with Gasteiger partial charge in [0.05, 0.1) is 22.7 Å². The van der Waals surface area contributed by atoms with E-state index >= 15 is 0 Å². The second-order valence-corrected chi connectivity index (χ2v) is 18.0. The van der Waals surface area contributed by atoms with Crippen molar-refractivity contribution in [2.45, 2.75) is 142 Å². The predicted molar refractivity (Wildman–Crippen MR) is 241 cm³/mol. The second-order valence-electron chi connectivity index (χ2n) is 15.5. The summed E-state index contributed by atoms with van der Waals surface area (Å²) in [4.78, 5) is 4.13. The summed E-state index contributed by atoms with van der Waals surface area (Å²) >= 11 is 0. The van der Waals surface area contributed by atoms with Gasteiger partial charge in [-0.25, -0.2) is 16.8 Å². The van der Waals surface area contributed by atoms with Crippen molar-refractivity contribution in [2.24, 2.45) is 0 Å². The van der Waals surface area contributed by atoms with E-state index in [0.29, 0.717) is 37.3 Å². The van der Waals surface area contributed by atoms with Crippen LogP contribution >= 0.6 is 0 Å². The third-order valence-electron chi connectivity index (χ3n) is 11.1. The minimum atomic E-state index is -4.60. The summed E-state index contributed by atoms with van der Waals surface area (Å²) in [6.45, 7) is 5.56. The van der Waals surface area contributed by atoms with Gasteiger partial charge < -0.3 is 18.9 Å². The molecule has 0 aromatic heterocycles. The molecule has 4 aromatic rings. The molecular formula is C46H62CaN4O6S2. The molecule has 316 valence electrons. The van der Waals surface area contributed by atoms with E-state index in [0.717, 1.165) is 69.6 Å². The molecule has 2 aliphatic rings. The molecule has 13 heteroatoms. The topological polar surface area (TPSA) is 127 Å². The second kappa shape index (κ2) is 24.6. The van der Waals surface area contributed by atoms with Gasteiger partial charge in [-0.15, -0.1) is 0 Å². The average Bonchev–Trinajstić information content (AvgIpc) is 3.70. The van der Waals surface area contributed by atoms with Gasteiger partial charge in [-0.1, -0.05) is 176 Å². The molecule has 0 aliphatic carbocycles. The number of nitrogens with zero attached hydrogens (tertiary/aromatic N) is 4. The summed E-state index contributed by atoms with van der Waals surface area (Å²) < 4.78 is 75.1. The number of rotatable bonds is 22. The van der Waals surface area contributed by atoms with Crippen molar-refractivity contribution in [3.05, 3.63) is 120 Å². The van der Waals surface area contributed by atoms with Crippen LogP contribution in [0.3, 0.4) is 0 Å². The first-order valence-corrected chi connectivity index (χ1v) is 24.1. The molecule has 2 heterocycles. The van der Waals surface area contributed by atoms with Crippen molar-refractivity contribution in [3.8, 4) is 0 Å². The monoisotopic (exact) mass is 870 g/mol. The van der Waals surface area contributed by atoms with Gasteiger partial charge in [0.25, 0.3) is 0 Å². The number of hydrogen-bond acceptors (Lipinski definition) is 8. The summed E-state index contributed by atoms with van der Waals surface area (Å²) in [5.74, 6) is 0. The molecule has 0 spiro atoms. The molecular weight excluding hydrogens is 809 g/mol. The van der Waals surface area contributed by atoms with Crippen LogP contribution in [0.2, 0.25) is 0 Å². The fraction of sp³-hybridized carbons (Fsp3) is 0.478. The van der Waals surface area contributed by atoms with Crippen LogP contribution in [0.4, 0.5) is 22.7 Å². The average molecular weight is 871 g/mol. The molecule has 0 saturated carbocycles. The van der Waals surface area contributed by atoms with Crippen molar-refractivity contribution in [2.75, 3.05) is 18.4 Å². The van der Waals surface area contributed by atoms with E-state index in [2.05, 4.69) is 23.6 Å². The molecule has 0 radical (unpaired) electrons. The fourth-order valence-electron chi connectivity index (χ4n) is 8.28. The fourth-order valence-corrected chi connectivity index (χ4v) is 10.1. The zero-order chi connectivity index (χ0) is 41.4. The maximum absolute atomic E-state index is 12.2. The zero-order valence-electron chi connectivity index (χ0n) is 35.0. The molecule has 10 nitrogen and oxygen atoms in total. The third kappa shape index (κ3) is 14.1. The Labute approximate surface area is 384 Å². The van der Waals surface area contributed by atoms with Crippen LogP contribution in [0.25, 0.3) is 0 Å². The molecule has 2 atom stereocenters. The summed E-state index contributed by atoms with van der Waals surface area (Å²) in [6, 6.07) is 34.6. The largest absolute Gasteiger partial charge is 2.00 e. The first-order valence-electron chi connectivity index (χ1n) is 21.3. The van der Waals surface area contributed by atoms with Crippen LogP contribution in [-0.2, 0) is 33.7 Å². The Bertz CT molecular complexity index is 1900. The zero-order valence-corrected chi connectivity index (χ0v) is 38.9. The Morgan fingerprint density at radius 2 is 0.712 bits per heavy atom. The summed E-state index contributed by atoms with van der Waals surface area (Å²) in [5.41, 5.74) is 4.79. The first-order chi connectivity index (χ1) is 28.0. The third-order valence-corrected chi connectivity index (χ3v) is 13.0. The molecule has 0 bridgehead atoms. The normalized spacial score (nSPS) is 16.0. The maximum Gasteiger partial charge on any atom is 2.00 e. The molecule has 0 fully saturated rings. The Balaban J connectivity index is 0.000000256. The van der Waals surface area contributed by atoms with Crippen molar-refractivity contribution < 1.29 is 25.9 Å². The molecule has 2 aliphatic heterocycles. The van der Waals surface area contributed by atoms with Gasteiger partial charge in [0.1, 0.15) is 12.3 Å². The van der Waals surface area contributed by atoms with Crippen LogP contribution in [0, 0.1) is 0 Å². The number of anilines is 4. The molecule has 4 aromatic carbocycles. The van der Waals surface area contributed by atoms with E-state index in [1.165, 1.54) is 51.4 Å². The van der Waals surface area contributed by atoms with Gasteiger partial charge in [0.2, 0.25) is 0 Å². The molecule has 0 N–H and O–H groups in total. The van der Waals surface area contributed by atoms with Crippen molar-refractivity contribution >= 4 is 81.1 Å². The van der Waals surface area contributed by atoms with E-state index in [1.54, 1.807) is 24.3 Å². The van der Waals surface area contributed by atoms with Crippen molar-refractivity contribution in [1.29, 1.82) is 0 Å². The quantitative estimate of drug-likeness (QED) is 0.0434. The number of fused-ring (bicyclic) bond motifs is 2. The minimum absolute atomic E-state index is 0. The van der Waals surface area contributed by atoms with Crippen LogP contribution in [0.15, 0.2) is 109 Å². The summed E-state index contributed by atoms with van der Waals surface area (Å²) in [7, 11) is -9.21. The summed E-state index contributed by atoms with van der Waals surface area (Å²) in [5, 5.41) is 0. The SMILES string of the molecule is CCCCCCCCCC1N(Cc2ccccc2)c2ccccc2N1S(=O)(=O)[O-].CCCCCCCCCC1N(Cc2ccccc2)c2ccccc2N1S(=O)(=O)[O-].[Ca+2]. The van der Waals surface area contributed by atoms with Gasteiger partial charge >= 0.3 is 37.7 Å². The smallest absolute Gasteiger partial charge is 0.731 e. The van der Waals surface area contributed by atoms with Gasteiger partial charge in [0, 0.05) is 13.1 Å². The van der Waals surface area contributed by atoms with Crippen LogP contribution in [0.5, 0.6) is 0 Å². The number of para-hydroxylation sites is 4. The van der Waals surface area contributed by atoms with E-state index in [-0.39, 0.29) is 37.7 Å². The van der Waals surface area contributed by atoms with E-state index in [9.17, 15) is 25.9 Å². The maximum atomic E-state index is 12.2. The number of hydrogen-bond donors (Lipinski definition) is 0. The Hall–Kier alpha value is -2.84. The number of benzene rings is 4. The van der Waals surface area contributed by atoms with Crippen LogP contribution in [0.1, 0.15) is 128 Å². The predicted octanol–water partition coefficient (Wildman–Crippen LogP) is 10.5. The Kier molecular flexibility index (Phi) is 20.3. The standard InChI is InChI=1S/2C23H32N2O3S.Ca/c2*1-2-3-4-5-6-7-11-18-23-24(19-20-14-9-8-10-15-20)21-16-12-13-17-22(21)25(23)29(26,27)28;/h2*8-10,12-17,23H,2-7,11,18-19H2,1H3,(H,26,27,28);/q;;+2/p-2. The first kappa shape index (κ1) is 48.8. The summed E-state index contributed by atoms with van der Waals surface area (Å²) in [6.07, 6.45) is 16.5. The Morgan fingerprint density at radius 3 is 1.03 bits per heavy atom. The van der Waals surface area contributed by atoms with Crippen molar-refractivity contribution in [3.63, 3.8) is 0 Å².